The Kier molecular flexibility index (Phi) is 5.87. The van der Waals surface area contributed by atoms with E-state index in [2.05, 4.69) is 26.2 Å². The van der Waals surface area contributed by atoms with Crippen LogP contribution in [0.1, 0.15) is 24.8 Å². The van der Waals surface area contributed by atoms with Crippen LogP contribution in [-0.4, -0.2) is 48.7 Å². The number of rotatable bonds is 5. The SMILES string of the molecule is CON(C)C(=O)C(=N)c1cc(Br)cnc1NC1CCCCO1. The zero-order chi connectivity index (χ0) is 16.1. The molecule has 1 aromatic heterocycles. The maximum atomic E-state index is 12.1. The van der Waals surface area contributed by atoms with Gasteiger partial charge in [-0.2, -0.15) is 0 Å². The van der Waals surface area contributed by atoms with Gasteiger partial charge < -0.3 is 10.1 Å². The lowest BCUT2D eigenvalue weighted by atomic mass is 10.1. The molecule has 2 N–H and O–H groups in total. The first kappa shape index (κ1) is 16.9. The summed E-state index contributed by atoms with van der Waals surface area (Å²) >= 11 is 3.32. The summed E-state index contributed by atoms with van der Waals surface area (Å²) < 4.78 is 6.31. The third-order valence-corrected chi connectivity index (χ3v) is 3.81. The number of carbonyl (C=O) groups is 1. The molecule has 0 aliphatic carbocycles. The molecule has 120 valence electrons. The molecule has 1 saturated heterocycles. The third kappa shape index (κ3) is 4.02. The molecule has 22 heavy (non-hydrogen) atoms. The molecular weight excluding hydrogens is 352 g/mol. The molecule has 0 saturated carbocycles. The fraction of sp³-hybridized carbons (Fsp3) is 0.500. The number of anilines is 1. The highest BCUT2D eigenvalue weighted by Crippen LogP contribution is 2.22. The van der Waals surface area contributed by atoms with Gasteiger partial charge in [-0.15, -0.1) is 0 Å². The zero-order valence-electron chi connectivity index (χ0n) is 12.6. The Morgan fingerprint density at radius 1 is 1.59 bits per heavy atom. The number of hydrogen-bond donors (Lipinski definition) is 2. The molecule has 1 fully saturated rings. The highest BCUT2D eigenvalue weighted by atomic mass is 79.9. The van der Waals surface area contributed by atoms with Crippen LogP contribution in [0.3, 0.4) is 0 Å². The average molecular weight is 371 g/mol. The normalized spacial score (nSPS) is 17.9. The van der Waals surface area contributed by atoms with Gasteiger partial charge in [-0.3, -0.25) is 15.0 Å². The Morgan fingerprint density at radius 2 is 2.36 bits per heavy atom. The number of ether oxygens (including phenoxy) is 1. The van der Waals surface area contributed by atoms with Gasteiger partial charge in [0.25, 0.3) is 5.91 Å². The summed E-state index contributed by atoms with van der Waals surface area (Å²) in [4.78, 5) is 21.2. The summed E-state index contributed by atoms with van der Waals surface area (Å²) in [5.74, 6) is -0.0898. The molecule has 1 atom stereocenters. The first-order chi connectivity index (χ1) is 10.5. The predicted molar refractivity (Wildman–Crippen MR) is 85.8 cm³/mol. The topological polar surface area (TPSA) is 87.5 Å². The third-order valence-electron chi connectivity index (χ3n) is 3.37. The first-order valence-corrected chi connectivity index (χ1v) is 7.77. The molecule has 1 aliphatic rings. The Labute approximate surface area is 137 Å². The van der Waals surface area contributed by atoms with E-state index in [1.807, 2.05) is 0 Å². The fourth-order valence-electron chi connectivity index (χ4n) is 2.11. The first-order valence-electron chi connectivity index (χ1n) is 6.97. The van der Waals surface area contributed by atoms with Crippen LogP contribution in [0.5, 0.6) is 0 Å². The molecule has 0 aromatic carbocycles. The quantitative estimate of drug-likeness (QED) is 0.612. The van der Waals surface area contributed by atoms with Crippen molar-refractivity contribution in [2.24, 2.45) is 0 Å². The molecule has 8 heteroatoms. The van der Waals surface area contributed by atoms with Gasteiger partial charge in [0.2, 0.25) is 0 Å². The van der Waals surface area contributed by atoms with Crippen molar-refractivity contribution in [2.45, 2.75) is 25.5 Å². The Bertz CT molecular complexity index is 561. The molecule has 1 unspecified atom stereocenters. The van der Waals surface area contributed by atoms with Crippen molar-refractivity contribution in [1.29, 1.82) is 5.41 Å². The highest BCUT2D eigenvalue weighted by molar-refractivity contribution is 9.10. The van der Waals surface area contributed by atoms with Gasteiger partial charge in [0.15, 0.2) is 0 Å². The largest absolute Gasteiger partial charge is 0.359 e. The number of halogens is 1. The minimum Gasteiger partial charge on any atom is -0.359 e. The molecule has 1 aromatic rings. The van der Waals surface area contributed by atoms with E-state index >= 15 is 0 Å². The number of pyridine rings is 1. The maximum absolute atomic E-state index is 12.1. The lowest BCUT2D eigenvalue weighted by Gasteiger charge is -2.25. The molecule has 1 amide bonds. The van der Waals surface area contributed by atoms with Crippen molar-refractivity contribution in [2.75, 3.05) is 26.1 Å². The Balaban J connectivity index is 2.23. The van der Waals surface area contributed by atoms with Crippen molar-refractivity contribution >= 4 is 33.4 Å². The summed E-state index contributed by atoms with van der Waals surface area (Å²) in [5.41, 5.74) is 0.203. The predicted octanol–water partition coefficient (Wildman–Crippen LogP) is 2.17. The number of amides is 1. The molecule has 1 aliphatic heterocycles. The van der Waals surface area contributed by atoms with E-state index in [0.717, 1.165) is 24.3 Å². The molecular formula is C14H19BrN4O3. The molecule has 7 nitrogen and oxygen atoms in total. The molecule has 0 bridgehead atoms. The average Bonchev–Trinajstić information content (AvgIpc) is 2.55. The zero-order valence-corrected chi connectivity index (χ0v) is 14.1. The monoisotopic (exact) mass is 370 g/mol. The summed E-state index contributed by atoms with van der Waals surface area (Å²) in [6, 6.07) is 1.68. The minimum absolute atomic E-state index is 0.149. The van der Waals surface area contributed by atoms with Gasteiger partial charge in [-0.05, 0) is 41.3 Å². The lowest BCUT2D eigenvalue weighted by molar-refractivity contribution is -0.160. The standard InChI is InChI=1S/C14H19BrN4O3/c1-19(21-2)14(20)12(16)10-7-9(15)8-17-13(10)18-11-5-3-4-6-22-11/h7-8,11,16H,3-6H2,1-2H3,(H,17,18). The lowest BCUT2D eigenvalue weighted by Crippen LogP contribution is -2.34. The number of aromatic nitrogens is 1. The number of hydrogen-bond acceptors (Lipinski definition) is 6. The van der Waals surface area contributed by atoms with Crippen LogP contribution >= 0.6 is 15.9 Å². The van der Waals surface area contributed by atoms with Crippen molar-refractivity contribution in [1.82, 2.24) is 10.0 Å². The van der Waals surface area contributed by atoms with Crippen molar-refractivity contribution in [3.8, 4) is 0 Å². The second-order valence-corrected chi connectivity index (χ2v) is 5.83. The minimum atomic E-state index is -0.546. The van der Waals surface area contributed by atoms with Gasteiger partial charge in [0, 0.05) is 29.9 Å². The molecule has 2 rings (SSSR count). The van der Waals surface area contributed by atoms with Gasteiger partial charge in [-0.25, -0.2) is 10.0 Å². The summed E-state index contributed by atoms with van der Waals surface area (Å²) in [7, 11) is 2.83. The maximum Gasteiger partial charge on any atom is 0.295 e. The number of nitrogens with zero attached hydrogens (tertiary/aromatic N) is 2. The number of hydroxylamine groups is 2. The number of likely N-dealkylation sites (N-methyl/N-ethyl adjacent to an activating group) is 1. The molecule has 2 heterocycles. The molecule has 0 spiro atoms. The van der Waals surface area contributed by atoms with Crippen LogP contribution in [-0.2, 0) is 14.4 Å². The Hall–Kier alpha value is -1.51. The second kappa shape index (κ2) is 7.66. The van der Waals surface area contributed by atoms with Crippen molar-refractivity contribution in [3.05, 3.63) is 22.3 Å². The van der Waals surface area contributed by atoms with Crippen LogP contribution in [0.2, 0.25) is 0 Å². The van der Waals surface area contributed by atoms with Crippen molar-refractivity contribution in [3.63, 3.8) is 0 Å². The van der Waals surface area contributed by atoms with Crippen LogP contribution in [0.25, 0.3) is 0 Å². The van der Waals surface area contributed by atoms with E-state index < -0.39 is 5.91 Å². The summed E-state index contributed by atoms with van der Waals surface area (Å²) in [6.07, 6.45) is 4.46. The van der Waals surface area contributed by atoms with Gasteiger partial charge in [0.05, 0.1) is 7.11 Å². The van der Waals surface area contributed by atoms with Crippen LogP contribution in [0.4, 0.5) is 5.82 Å². The van der Waals surface area contributed by atoms with Crippen LogP contribution < -0.4 is 5.32 Å². The van der Waals surface area contributed by atoms with Crippen LogP contribution in [0.15, 0.2) is 16.7 Å². The number of nitrogens with one attached hydrogen (secondary N) is 2. The van der Waals surface area contributed by atoms with Crippen molar-refractivity contribution < 1.29 is 14.4 Å². The van der Waals surface area contributed by atoms with E-state index in [0.29, 0.717) is 22.5 Å². The van der Waals surface area contributed by atoms with E-state index in [9.17, 15) is 4.79 Å². The van der Waals surface area contributed by atoms with Gasteiger partial charge in [0.1, 0.15) is 17.8 Å². The summed E-state index contributed by atoms with van der Waals surface area (Å²) in [5, 5.41) is 12.3. The second-order valence-electron chi connectivity index (χ2n) is 4.91. The Morgan fingerprint density at radius 3 is 3.00 bits per heavy atom. The van der Waals surface area contributed by atoms with E-state index in [1.54, 1.807) is 12.3 Å². The molecule has 0 radical (unpaired) electrons. The van der Waals surface area contributed by atoms with E-state index in [4.69, 9.17) is 15.0 Å². The number of carbonyl (C=O) groups excluding carboxylic acids is 1. The highest BCUT2D eigenvalue weighted by Gasteiger charge is 2.23. The van der Waals surface area contributed by atoms with Gasteiger partial charge in [-0.1, -0.05) is 0 Å². The smallest absolute Gasteiger partial charge is 0.295 e. The summed E-state index contributed by atoms with van der Waals surface area (Å²) in [6.45, 7) is 0.701. The fourth-order valence-corrected chi connectivity index (χ4v) is 2.44. The van der Waals surface area contributed by atoms with Gasteiger partial charge >= 0.3 is 0 Å². The van der Waals surface area contributed by atoms with E-state index in [-0.39, 0.29) is 11.9 Å². The van der Waals surface area contributed by atoms with E-state index in [1.165, 1.54) is 14.2 Å². The van der Waals surface area contributed by atoms with Crippen LogP contribution in [0, 0.1) is 5.41 Å².